The van der Waals surface area contributed by atoms with E-state index in [2.05, 4.69) is 69.1 Å². The van der Waals surface area contributed by atoms with Gasteiger partial charge in [0.05, 0.1) is 6.20 Å². The zero-order valence-corrected chi connectivity index (χ0v) is 25.1. The van der Waals surface area contributed by atoms with Crippen molar-refractivity contribution in [1.82, 2.24) is 9.97 Å². The summed E-state index contributed by atoms with van der Waals surface area (Å²) in [5.74, 6) is 5.74. The van der Waals surface area contributed by atoms with E-state index in [1.807, 2.05) is 0 Å². The molecule has 220 valence electrons. The topological polar surface area (TPSA) is 49.8 Å². The number of halogens is 2. The lowest BCUT2D eigenvalue weighted by Crippen LogP contribution is -2.48. The highest BCUT2D eigenvalue weighted by Crippen LogP contribution is 2.62. The van der Waals surface area contributed by atoms with Crippen LogP contribution < -0.4 is 10.6 Å². The van der Waals surface area contributed by atoms with Crippen molar-refractivity contribution in [3.05, 3.63) is 71.7 Å². The second-order valence-corrected chi connectivity index (χ2v) is 15.2. The molecule has 0 unspecified atom stereocenters. The summed E-state index contributed by atoms with van der Waals surface area (Å²) in [4.78, 5) is 8.74. The first-order valence-corrected chi connectivity index (χ1v) is 16.3. The van der Waals surface area contributed by atoms with Crippen LogP contribution in [-0.2, 0) is 10.8 Å². The summed E-state index contributed by atoms with van der Waals surface area (Å²) in [6, 6.07) is 17.7. The van der Waals surface area contributed by atoms with Crippen LogP contribution in [0.4, 0.5) is 27.5 Å². The Labute approximate surface area is 255 Å². The van der Waals surface area contributed by atoms with Crippen LogP contribution in [0.3, 0.4) is 0 Å². The highest BCUT2D eigenvalue weighted by Gasteiger charge is 2.52. The van der Waals surface area contributed by atoms with Gasteiger partial charge in [-0.15, -0.1) is 12.4 Å². The summed E-state index contributed by atoms with van der Waals surface area (Å²) < 4.78 is 14.8. The molecule has 11 rings (SSSR count). The number of nitrogens with one attached hydrogen (secondary N) is 2. The Balaban J connectivity index is 0.00000267. The summed E-state index contributed by atoms with van der Waals surface area (Å²) in [5.41, 5.74) is 5.54. The Morgan fingerprint density at radius 2 is 0.952 bits per heavy atom. The Hall–Kier alpha value is -2.66. The molecule has 0 spiro atoms. The molecular formula is C36H42ClFN4. The molecule has 8 saturated carbocycles. The number of benzene rings is 2. The van der Waals surface area contributed by atoms with E-state index in [1.165, 1.54) is 94.4 Å². The van der Waals surface area contributed by atoms with Crippen molar-refractivity contribution >= 4 is 35.5 Å². The van der Waals surface area contributed by atoms with Gasteiger partial charge >= 0.3 is 0 Å². The molecule has 6 heteroatoms. The van der Waals surface area contributed by atoms with Crippen LogP contribution in [0.2, 0.25) is 0 Å². The molecule has 8 fully saturated rings. The molecule has 2 aromatic carbocycles. The summed E-state index contributed by atoms with van der Waals surface area (Å²) in [7, 11) is 0. The number of rotatable bonds is 6. The van der Waals surface area contributed by atoms with E-state index >= 15 is 0 Å². The van der Waals surface area contributed by atoms with Gasteiger partial charge < -0.3 is 10.6 Å². The number of hydrogen-bond donors (Lipinski definition) is 2. The highest BCUT2D eigenvalue weighted by atomic mass is 35.5. The van der Waals surface area contributed by atoms with Crippen molar-refractivity contribution < 1.29 is 4.39 Å². The van der Waals surface area contributed by atoms with Gasteiger partial charge in [0, 0.05) is 11.4 Å². The van der Waals surface area contributed by atoms with Crippen LogP contribution >= 0.6 is 12.4 Å². The lowest BCUT2D eigenvalue weighted by Gasteiger charge is -2.57. The van der Waals surface area contributed by atoms with Gasteiger partial charge in [-0.25, -0.2) is 9.37 Å². The SMILES string of the molecule is Cl.Fc1cnc(Nc2ccc(C34CC5CC(CC(C5)C3)C4)cc2)nc1Nc1ccc(C23CC4CC(CC(C4)C2)C3)cc1. The van der Waals surface area contributed by atoms with Gasteiger partial charge in [0.1, 0.15) is 0 Å². The maximum Gasteiger partial charge on any atom is 0.229 e. The van der Waals surface area contributed by atoms with Crippen LogP contribution in [0.15, 0.2) is 54.7 Å². The molecule has 8 aliphatic rings. The average Bonchev–Trinajstić information content (AvgIpc) is 2.94. The van der Waals surface area contributed by atoms with Gasteiger partial charge in [-0.3, -0.25) is 0 Å². The van der Waals surface area contributed by atoms with Crippen molar-refractivity contribution in [2.75, 3.05) is 10.6 Å². The maximum absolute atomic E-state index is 14.8. The van der Waals surface area contributed by atoms with Gasteiger partial charge in [0.2, 0.25) is 5.95 Å². The lowest BCUT2D eigenvalue weighted by molar-refractivity contribution is -0.00530. The number of anilines is 4. The summed E-state index contributed by atoms with van der Waals surface area (Å²) in [6.07, 6.45) is 18.2. The first kappa shape index (κ1) is 26.9. The third-order valence-corrected chi connectivity index (χ3v) is 12.3. The minimum absolute atomic E-state index is 0. The summed E-state index contributed by atoms with van der Waals surface area (Å²) in [6.45, 7) is 0. The minimum atomic E-state index is -0.446. The van der Waals surface area contributed by atoms with E-state index < -0.39 is 5.82 Å². The zero-order chi connectivity index (χ0) is 27.2. The fourth-order valence-electron chi connectivity index (χ4n) is 11.5. The van der Waals surface area contributed by atoms with Crippen molar-refractivity contribution in [2.24, 2.45) is 35.5 Å². The molecule has 0 radical (unpaired) electrons. The number of aromatic nitrogens is 2. The highest BCUT2D eigenvalue weighted by molar-refractivity contribution is 5.85. The fourth-order valence-corrected chi connectivity index (χ4v) is 11.5. The van der Waals surface area contributed by atoms with E-state index in [9.17, 15) is 4.39 Å². The number of nitrogens with zero attached hydrogens (tertiary/aromatic N) is 2. The average molecular weight is 585 g/mol. The van der Waals surface area contributed by atoms with Gasteiger partial charge in [-0.05, 0) is 159 Å². The Morgan fingerprint density at radius 3 is 1.36 bits per heavy atom. The molecule has 8 aliphatic carbocycles. The van der Waals surface area contributed by atoms with Crippen molar-refractivity contribution in [3.8, 4) is 0 Å². The van der Waals surface area contributed by atoms with Gasteiger partial charge in [-0.2, -0.15) is 4.98 Å². The monoisotopic (exact) mass is 584 g/mol. The van der Waals surface area contributed by atoms with Gasteiger partial charge in [-0.1, -0.05) is 24.3 Å². The molecule has 1 aromatic heterocycles. The predicted molar refractivity (Wildman–Crippen MR) is 168 cm³/mol. The second kappa shape index (κ2) is 9.94. The van der Waals surface area contributed by atoms with E-state index in [-0.39, 0.29) is 18.2 Å². The smallest absolute Gasteiger partial charge is 0.229 e. The van der Waals surface area contributed by atoms with Crippen molar-refractivity contribution in [2.45, 2.75) is 87.9 Å². The first-order valence-electron chi connectivity index (χ1n) is 16.3. The Morgan fingerprint density at radius 1 is 0.571 bits per heavy atom. The molecule has 8 bridgehead atoms. The first-order chi connectivity index (χ1) is 20.0. The quantitative estimate of drug-likeness (QED) is 0.303. The number of hydrogen-bond acceptors (Lipinski definition) is 4. The maximum atomic E-state index is 14.8. The molecular weight excluding hydrogens is 543 g/mol. The molecule has 0 atom stereocenters. The molecule has 0 amide bonds. The third-order valence-electron chi connectivity index (χ3n) is 12.3. The Bertz CT molecular complexity index is 1400. The molecule has 3 aromatic rings. The largest absolute Gasteiger partial charge is 0.338 e. The van der Waals surface area contributed by atoms with Crippen LogP contribution in [0.1, 0.15) is 88.2 Å². The normalized spacial score (nSPS) is 37.0. The molecule has 0 aliphatic heterocycles. The van der Waals surface area contributed by atoms with E-state index in [4.69, 9.17) is 0 Å². The van der Waals surface area contributed by atoms with Crippen molar-refractivity contribution in [3.63, 3.8) is 0 Å². The molecule has 2 N–H and O–H groups in total. The zero-order valence-electron chi connectivity index (χ0n) is 24.3. The second-order valence-electron chi connectivity index (χ2n) is 15.2. The molecule has 0 saturated heterocycles. The van der Waals surface area contributed by atoms with Crippen molar-refractivity contribution in [1.29, 1.82) is 0 Å². The predicted octanol–water partition coefficient (Wildman–Crippen LogP) is 9.46. The van der Waals surface area contributed by atoms with Crippen LogP contribution in [-0.4, -0.2) is 9.97 Å². The summed E-state index contributed by atoms with van der Waals surface area (Å²) in [5, 5.41) is 6.53. The molecule has 42 heavy (non-hydrogen) atoms. The van der Waals surface area contributed by atoms with Gasteiger partial charge in [0.15, 0.2) is 11.6 Å². The standard InChI is InChI=1S/C36H41FN4.ClH/c37-32-21-38-34(40-31-7-3-29(4-8-31)36-18-25-12-26(19-36)14-27(13-25)20-36)41-33(32)39-30-5-1-28(2-6-30)35-15-22-9-23(16-35)11-24(10-22)17-35;/h1-8,21-27H,9-20H2,(H2,38,39,40,41);1H. The van der Waals surface area contributed by atoms with Crippen LogP contribution in [0, 0.1) is 41.3 Å². The fraction of sp³-hybridized carbons (Fsp3) is 0.556. The molecule has 1 heterocycles. The molecule has 4 nitrogen and oxygen atoms in total. The lowest BCUT2D eigenvalue weighted by atomic mass is 9.48. The summed E-state index contributed by atoms with van der Waals surface area (Å²) >= 11 is 0. The minimum Gasteiger partial charge on any atom is -0.338 e. The van der Waals surface area contributed by atoms with Crippen LogP contribution in [0.5, 0.6) is 0 Å². The van der Waals surface area contributed by atoms with Crippen LogP contribution in [0.25, 0.3) is 0 Å². The third kappa shape index (κ3) is 4.53. The Kier molecular flexibility index (Phi) is 6.37. The van der Waals surface area contributed by atoms with E-state index in [1.54, 1.807) is 0 Å². The van der Waals surface area contributed by atoms with E-state index in [0.29, 0.717) is 16.8 Å². The van der Waals surface area contributed by atoms with Gasteiger partial charge in [0.25, 0.3) is 0 Å². The van der Waals surface area contributed by atoms with E-state index in [0.717, 1.165) is 46.9 Å².